The molecule has 17 heavy (non-hydrogen) atoms. The van der Waals surface area contributed by atoms with Gasteiger partial charge >= 0.3 is 0 Å². The minimum absolute atomic E-state index is 0.146. The molecule has 0 N–H and O–H groups in total. The standard InChI is InChI=1S/C13H16BrFO2/c1-9(8-17-2)5-11(16)6-10-3-4-13(15)12(14)7-10/h3-4,7,9H,5-6,8H2,1-2H3. The van der Waals surface area contributed by atoms with Crippen LogP contribution in [0, 0.1) is 11.7 Å². The molecule has 4 heteroatoms. The number of rotatable bonds is 6. The Morgan fingerprint density at radius 2 is 2.24 bits per heavy atom. The second kappa shape index (κ2) is 6.87. The molecule has 0 aromatic heterocycles. The number of methoxy groups -OCH3 is 1. The van der Waals surface area contributed by atoms with Gasteiger partial charge in [-0.3, -0.25) is 4.79 Å². The van der Waals surface area contributed by atoms with Crippen molar-refractivity contribution < 1.29 is 13.9 Å². The molecule has 0 radical (unpaired) electrons. The first-order chi connectivity index (χ1) is 8.02. The van der Waals surface area contributed by atoms with Crippen molar-refractivity contribution >= 4 is 21.7 Å². The molecular weight excluding hydrogens is 287 g/mol. The van der Waals surface area contributed by atoms with E-state index in [1.807, 2.05) is 6.92 Å². The molecule has 0 spiro atoms. The average molecular weight is 303 g/mol. The molecule has 0 heterocycles. The Labute approximate surface area is 109 Å². The average Bonchev–Trinajstić information content (AvgIpc) is 2.23. The highest BCUT2D eigenvalue weighted by Crippen LogP contribution is 2.18. The van der Waals surface area contributed by atoms with Crippen LogP contribution in [0.5, 0.6) is 0 Å². The lowest BCUT2D eigenvalue weighted by atomic mass is 10.0. The predicted molar refractivity (Wildman–Crippen MR) is 68.5 cm³/mol. The maximum atomic E-state index is 13.0. The van der Waals surface area contributed by atoms with E-state index in [4.69, 9.17) is 4.74 Å². The Morgan fingerprint density at radius 3 is 2.82 bits per heavy atom. The van der Waals surface area contributed by atoms with Gasteiger partial charge in [0.1, 0.15) is 11.6 Å². The monoisotopic (exact) mass is 302 g/mol. The third-order valence-corrected chi connectivity index (χ3v) is 3.02. The summed E-state index contributed by atoms with van der Waals surface area (Å²) >= 11 is 3.11. The van der Waals surface area contributed by atoms with Crippen LogP contribution in [-0.4, -0.2) is 19.5 Å². The number of hydrogen-bond donors (Lipinski definition) is 0. The molecule has 1 aromatic rings. The molecule has 1 unspecified atom stereocenters. The third kappa shape index (κ3) is 4.96. The summed E-state index contributed by atoms with van der Waals surface area (Å²) in [4.78, 5) is 11.7. The topological polar surface area (TPSA) is 26.3 Å². The van der Waals surface area contributed by atoms with Gasteiger partial charge in [-0.1, -0.05) is 13.0 Å². The van der Waals surface area contributed by atoms with Gasteiger partial charge in [-0.15, -0.1) is 0 Å². The summed E-state index contributed by atoms with van der Waals surface area (Å²) < 4.78 is 18.4. The summed E-state index contributed by atoms with van der Waals surface area (Å²) in [5, 5.41) is 0. The van der Waals surface area contributed by atoms with Crippen molar-refractivity contribution in [3.63, 3.8) is 0 Å². The van der Waals surface area contributed by atoms with Crippen molar-refractivity contribution in [1.82, 2.24) is 0 Å². The van der Waals surface area contributed by atoms with E-state index >= 15 is 0 Å². The van der Waals surface area contributed by atoms with Crippen LogP contribution in [0.1, 0.15) is 18.9 Å². The van der Waals surface area contributed by atoms with Crippen molar-refractivity contribution in [1.29, 1.82) is 0 Å². The zero-order chi connectivity index (χ0) is 12.8. The summed E-state index contributed by atoms with van der Waals surface area (Å²) in [7, 11) is 1.62. The lowest BCUT2D eigenvalue weighted by Gasteiger charge is -2.09. The molecular formula is C13H16BrFO2. The number of Topliss-reactive ketones (excluding diaryl/α,β-unsaturated/α-hetero) is 1. The maximum absolute atomic E-state index is 13.0. The van der Waals surface area contributed by atoms with E-state index in [0.717, 1.165) is 5.56 Å². The Kier molecular flexibility index (Phi) is 5.78. The molecule has 0 aliphatic rings. The molecule has 1 atom stereocenters. The van der Waals surface area contributed by atoms with E-state index in [1.54, 1.807) is 19.2 Å². The predicted octanol–water partition coefficient (Wildman–Crippen LogP) is 3.37. The second-order valence-electron chi connectivity index (χ2n) is 4.23. The number of ether oxygens (including phenoxy) is 1. The van der Waals surface area contributed by atoms with Crippen molar-refractivity contribution in [2.45, 2.75) is 19.8 Å². The van der Waals surface area contributed by atoms with Gasteiger partial charge in [0.25, 0.3) is 0 Å². The number of halogens is 2. The van der Waals surface area contributed by atoms with Crippen LogP contribution in [0.3, 0.4) is 0 Å². The van der Waals surface area contributed by atoms with Crippen molar-refractivity contribution in [2.75, 3.05) is 13.7 Å². The minimum atomic E-state index is -0.311. The van der Waals surface area contributed by atoms with E-state index in [-0.39, 0.29) is 17.5 Å². The summed E-state index contributed by atoms with van der Waals surface area (Å²) in [5.41, 5.74) is 0.827. The Hall–Kier alpha value is -0.740. The fraction of sp³-hybridized carbons (Fsp3) is 0.462. The summed E-state index contributed by atoms with van der Waals surface area (Å²) in [6, 6.07) is 4.65. The largest absolute Gasteiger partial charge is 0.384 e. The van der Waals surface area contributed by atoms with Crippen LogP contribution in [-0.2, 0) is 16.0 Å². The van der Waals surface area contributed by atoms with Crippen molar-refractivity contribution in [3.05, 3.63) is 34.1 Å². The van der Waals surface area contributed by atoms with Gasteiger partial charge in [0.05, 0.1) is 4.47 Å². The molecule has 1 aromatic carbocycles. The molecule has 0 bridgehead atoms. The minimum Gasteiger partial charge on any atom is -0.384 e. The highest BCUT2D eigenvalue weighted by atomic mass is 79.9. The smallest absolute Gasteiger partial charge is 0.137 e. The van der Waals surface area contributed by atoms with Crippen LogP contribution in [0.2, 0.25) is 0 Å². The normalized spacial score (nSPS) is 12.5. The van der Waals surface area contributed by atoms with Gasteiger partial charge in [-0.25, -0.2) is 4.39 Å². The first-order valence-electron chi connectivity index (χ1n) is 5.47. The van der Waals surface area contributed by atoms with E-state index in [0.29, 0.717) is 23.9 Å². The van der Waals surface area contributed by atoms with Gasteiger partial charge < -0.3 is 4.74 Å². The van der Waals surface area contributed by atoms with E-state index in [1.165, 1.54) is 6.07 Å². The van der Waals surface area contributed by atoms with Crippen LogP contribution in [0.25, 0.3) is 0 Å². The first kappa shape index (κ1) is 14.3. The second-order valence-corrected chi connectivity index (χ2v) is 5.08. The molecule has 0 saturated heterocycles. The Bertz CT molecular complexity index is 393. The van der Waals surface area contributed by atoms with Crippen LogP contribution < -0.4 is 0 Å². The van der Waals surface area contributed by atoms with Crippen molar-refractivity contribution in [3.8, 4) is 0 Å². The van der Waals surface area contributed by atoms with Gasteiger partial charge in [0, 0.05) is 26.6 Å². The van der Waals surface area contributed by atoms with E-state index in [2.05, 4.69) is 15.9 Å². The zero-order valence-electron chi connectivity index (χ0n) is 10.0. The summed E-state index contributed by atoms with van der Waals surface area (Å²) in [6.45, 7) is 2.56. The Balaban J connectivity index is 2.53. The van der Waals surface area contributed by atoms with E-state index in [9.17, 15) is 9.18 Å². The Morgan fingerprint density at radius 1 is 1.53 bits per heavy atom. The molecule has 0 amide bonds. The SMILES string of the molecule is COCC(C)CC(=O)Cc1ccc(F)c(Br)c1. The first-order valence-corrected chi connectivity index (χ1v) is 6.26. The highest BCUT2D eigenvalue weighted by Gasteiger charge is 2.10. The van der Waals surface area contributed by atoms with Crippen molar-refractivity contribution in [2.24, 2.45) is 5.92 Å². The molecule has 0 saturated carbocycles. The van der Waals surface area contributed by atoms with Crippen LogP contribution >= 0.6 is 15.9 Å². The number of carbonyl (C=O) groups is 1. The maximum Gasteiger partial charge on any atom is 0.137 e. The lowest BCUT2D eigenvalue weighted by Crippen LogP contribution is -2.12. The quantitative estimate of drug-likeness (QED) is 0.805. The molecule has 0 aliphatic heterocycles. The third-order valence-electron chi connectivity index (χ3n) is 2.41. The van der Waals surface area contributed by atoms with E-state index < -0.39 is 0 Å². The highest BCUT2D eigenvalue weighted by molar-refractivity contribution is 9.10. The van der Waals surface area contributed by atoms with Crippen LogP contribution in [0.4, 0.5) is 4.39 Å². The van der Waals surface area contributed by atoms with Crippen LogP contribution in [0.15, 0.2) is 22.7 Å². The number of ketones is 1. The fourth-order valence-corrected chi connectivity index (χ4v) is 2.11. The molecule has 2 nitrogen and oxygen atoms in total. The number of hydrogen-bond acceptors (Lipinski definition) is 2. The molecule has 0 fully saturated rings. The number of carbonyl (C=O) groups excluding carboxylic acids is 1. The van der Waals surface area contributed by atoms with Gasteiger partial charge in [0.15, 0.2) is 0 Å². The van der Waals surface area contributed by atoms with Gasteiger partial charge in [-0.2, -0.15) is 0 Å². The molecule has 1 rings (SSSR count). The lowest BCUT2D eigenvalue weighted by molar-refractivity contribution is -0.119. The van der Waals surface area contributed by atoms with Gasteiger partial charge in [-0.05, 0) is 39.5 Å². The fourth-order valence-electron chi connectivity index (χ4n) is 1.68. The number of benzene rings is 1. The zero-order valence-corrected chi connectivity index (χ0v) is 11.6. The van der Waals surface area contributed by atoms with Gasteiger partial charge in [0.2, 0.25) is 0 Å². The molecule has 94 valence electrons. The summed E-state index contributed by atoms with van der Waals surface area (Å²) in [5.74, 6) is 0.0541. The molecule has 0 aliphatic carbocycles. The summed E-state index contributed by atoms with van der Waals surface area (Å²) in [6.07, 6.45) is 0.829.